The van der Waals surface area contributed by atoms with Gasteiger partial charge in [0.15, 0.2) is 0 Å². The molecule has 2 amide bonds. The van der Waals surface area contributed by atoms with Gasteiger partial charge in [-0.15, -0.1) is 0 Å². The molecule has 0 aliphatic heterocycles. The Bertz CT molecular complexity index is 458. The zero-order valence-electron chi connectivity index (χ0n) is 12.1. The summed E-state index contributed by atoms with van der Waals surface area (Å²) in [6.07, 6.45) is -2.79. The van der Waals surface area contributed by atoms with Crippen LogP contribution in [-0.4, -0.2) is 49.3 Å². The molecule has 0 heterocycles. The van der Waals surface area contributed by atoms with Crippen LogP contribution in [0, 0.1) is 0 Å². The lowest BCUT2D eigenvalue weighted by molar-refractivity contribution is 0.0943. The van der Waals surface area contributed by atoms with Crippen molar-refractivity contribution in [2.45, 2.75) is 19.5 Å². The monoisotopic (exact) mass is 302 g/mol. The Morgan fingerprint density at radius 3 is 2.76 bits per heavy atom. The summed E-state index contributed by atoms with van der Waals surface area (Å²) >= 11 is 0. The number of carbonyl (C=O) groups is 1. The number of urea groups is 1. The number of nitrogens with zero attached hydrogens (tertiary/aromatic N) is 1. The number of aliphatic hydroxyl groups excluding tert-OH is 1. The van der Waals surface area contributed by atoms with Crippen molar-refractivity contribution < 1.29 is 23.4 Å². The molecule has 7 heteroatoms. The molecular formula is C14H20F2N2O3. The summed E-state index contributed by atoms with van der Waals surface area (Å²) < 4.78 is 30.0. The van der Waals surface area contributed by atoms with Gasteiger partial charge in [0.1, 0.15) is 0 Å². The van der Waals surface area contributed by atoms with Crippen LogP contribution in [0.2, 0.25) is 0 Å². The second kappa shape index (κ2) is 8.53. The van der Waals surface area contributed by atoms with E-state index in [9.17, 15) is 13.6 Å². The molecule has 0 radical (unpaired) electrons. The summed E-state index contributed by atoms with van der Waals surface area (Å²) in [5.74, 6) is 0. The number of nitrogens with one attached hydrogen (secondary N) is 1. The van der Waals surface area contributed by atoms with Gasteiger partial charge in [0, 0.05) is 19.3 Å². The van der Waals surface area contributed by atoms with Crippen LogP contribution in [0.25, 0.3) is 0 Å². The molecule has 118 valence electrons. The van der Waals surface area contributed by atoms with Crippen LogP contribution >= 0.6 is 0 Å². The molecule has 0 aliphatic rings. The third-order valence-corrected chi connectivity index (χ3v) is 2.98. The smallest absolute Gasteiger partial charge is 0.322 e. The molecule has 1 atom stereocenters. The molecule has 1 unspecified atom stereocenters. The van der Waals surface area contributed by atoms with Gasteiger partial charge in [0.2, 0.25) is 0 Å². The van der Waals surface area contributed by atoms with Gasteiger partial charge in [0.05, 0.1) is 19.3 Å². The first-order valence-electron chi connectivity index (χ1n) is 6.55. The van der Waals surface area contributed by atoms with Crippen molar-refractivity contribution in [3.05, 3.63) is 29.8 Å². The maximum Gasteiger partial charge on any atom is 0.322 e. The summed E-state index contributed by atoms with van der Waals surface area (Å²) in [7, 11) is 1.57. The van der Waals surface area contributed by atoms with Gasteiger partial charge in [-0.1, -0.05) is 12.1 Å². The number of rotatable bonds is 7. The Kier molecular flexibility index (Phi) is 7.04. The van der Waals surface area contributed by atoms with E-state index >= 15 is 0 Å². The van der Waals surface area contributed by atoms with E-state index in [0.29, 0.717) is 5.69 Å². The van der Waals surface area contributed by atoms with Gasteiger partial charge in [-0.3, -0.25) is 0 Å². The molecule has 0 bridgehead atoms. The van der Waals surface area contributed by atoms with Crippen molar-refractivity contribution in [2.75, 3.05) is 32.1 Å². The van der Waals surface area contributed by atoms with E-state index in [-0.39, 0.29) is 19.3 Å². The number of halogens is 2. The fourth-order valence-electron chi connectivity index (χ4n) is 1.77. The molecule has 1 rings (SSSR count). The van der Waals surface area contributed by atoms with Crippen LogP contribution in [0.15, 0.2) is 24.3 Å². The van der Waals surface area contributed by atoms with E-state index in [1.54, 1.807) is 25.3 Å². The number of carbonyl (C=O) groups excluding carboxylic acids is 1. The quantitative estimate of drug-likeness (QED) is 0.813. The number of alkyl halides is 2. The van der Waals surface area contributed by atoms with E-state index in [1.807, 2.05) is 13.0 Å². The summed E-state index contributed by atoms with van der Waals surface area (Å²) in [6, 6.07) is 6.28. The third kappa shape index (κ3) is 5.65. The summed E-state index contributed by atoms with van der Waals surface area (Å²) in [4.78, 5) is 12.8. The standard InChI is InChI=1S/C14H20F2N2O3/c1-10(21-2)11-4-3-5-12(8-11)17-14(20)18(6-7-19)9-13(15)16/h3-5,8,10,13,19H,6-7,9H2,1-2H3,(H,17,20). The Hall–Kier alpha value is -1.73. The highest BCUT2D eigenvalue weighted by Crippen LogP contribution is 2.19. The molecule has 1 aromatic rings. The number of anilines is 1. The number of hydrogen-bond acceptors (Lipinski definition) is 3. The highest BCUT2D eigenvalue weighted by atomic mass is 19.3. The Balaban J connectivity index is 2.76. The fourth-order valence-corrected chi connectivity index (χ4v) is 1.77. The van der Waals surface area contributed by atoms with Gasteiger partial charge in [-0.05, 0) is 24.6 Å². The fraction of sp³-hybridized carbons (Fsp3) is 0.500. The zero-order valence-corrected chi connectivity index (χ0v) is 12.1. The van der Waals surface area contributed by atoms with E-state index in [0.717, 1.165) is 10.5 Å². The van der Waals surface area contributed by atoms with Crippen molar-refractivity contribution in [3.8, 4) is 0 Å². The second-order valence-electron chi connectivity index (χ2n) is 4.49. The van der Waals surface area contributed by atoms with Gasteiger partial charge in [-0.2, -0.15) is 0 Å². The highest BCUT2D eigenvalue weighted by Gasteiger charge is 2.18. The lowest BCUT2D eigenvalue weighted by Crippen LogP contribution is -2.40. The minimum atomic E-state index is -2.65. The van der Waals surface area contributed by atoms with Crippen molar-refractivity contribution in [1.29, 1.82) is 0 Å². The van der Waals surface area contributed by atoms with Gasteiger partial charge >= 0.3 is 6.03 Å². The average molecular weight is 302 g/mol. The van der Waals surface area contributed by atoms with Crippen molar-refractivity contribution >= 4 is 11.7 Å². The molecule has 2 N–H and O–H groups in total. The lowest BCUT2D eigenvalue weighted by Gasteiger charge is -2.22. The Labute approximate surface area is 122 Å². The second-order valence-corrected chi connectivity index (χ2v) is 4.49. The average Bonchev–Trinajstić information content (AvgIpc) is 2.45. The van der Waals surface area contributed by atoms with E-state index < -0.39 is 19.0 Å². The molecule has 0 aliphatic carbocycles. The van der Waals surface area contributed by atoms with Crippen LogP contribution in [0.4, 0.5) is 19.3 Å². The molecule has 0 fully saturated rings. The SMILES string of the molecule is COC(C)c1cccc(NC(=O)N(CCO)CC(F)F)c1. The van der Waals surface area contributed by atoms with Crippen molar-refractivity contribution in [2.24, 2.45) is 0 Å². The first kappa shape index (κ1) is 17.3. The van der Waals surface area contributed by atoms with Gasteiger partial charge < -0.3 is 20.1 Å². The Morgan fingerprint density at radius 1 is 1.48 bits per heavy atom. The molecule has 21 heavy (non-hydrogen) atoms. The number of hydrogen-bond donors (Lipinski definition) is 2. The molecular weight excluding hydrogens is 282 g/mol. The number of aliphatic hydroxyl groups is 1. The van der Waals surface area contributed by atoms with E-state index in [2.05, 4.69) is 5.32 Å². The van der Waals surface area contributed by atoms with Crippen LogP contribution in [-0.2, 0) is 4.74 Å². The maximum atomic E-state index is 12.4. The van der Waals surface area contributed by atoms with Gasteiger partial charge in [0.25, 0.3) is 6.43 Å². The summed E-state index contributed by atoms with van der Waals surface area (Å²) in [5, 5.41) is 11.4. The van der Waals surface area contributed by atoms with Crippen LogP contribution in [0.3, 0.4) is 0 Å². The summed E-state index contributed by atoms with van der Waals surface area (Å²) in [5.41, 5.74) is 1.34. The maximum absolute atomic E-state index is 12.4. The van der Waals surface area contributed by atoms with Crippen LogP contribution < -0.4 is 5.32 Å². The number of amides is 2. The molecule has 0 spiro atoms. The molecule has 5 nitrogen and oxygen atoms in total. The van der Waals surface area contributed by atoms with Gasteiger partial charge in [-0.25, -0.2) is 13.6 Å². The Morgan fingerprint density at radius 2 is 2.19 bits per heavy atom. The molecule has 1 aromatic carbocycles. The normalized spacial score (nSPS) is 12.3. The number of methoxy groups -OCH3 is 1. The van der Waals surface area contributed by atoms with Crippen LogP contribution in [0.5, 0.6) is 0 Å². The number of ether oxygens (including phenoxy) is 1. The topological polar surface area (TPSA) is 61.8 Å². The predicted octanol–water partition coefficient (Wildman–Crippen LogP) is 2.49. The number of benzene rings is 1. The molecule has 0 aromatic heterocycles. The molecule has 0 saturated heterocycles. The zero-order chi connectivity index (χ0) is 15.8. The minimum absolute atomic E-state index is 0.142. The van der Waals surface area contributed by atoms with E-state index in [4.69, 9.17) is 9.84 Å². The van der Waals surface area contributed by atoms with E-state index in [1.165, 1.54) is 0 Å². The minimum Gasteiger partial charge on any atom is -0.395 e. The lowest BCUT2D eigenvalue weighted by atomic mass is 10.1. The first-order valence-corrected chi connectivity index (χ1v) is 6.55. The van der Waals surface area contributed by atoms with Crippen LogP contribution in [0.1, 0.15) is 18.6 Å². The largest absolute Gasteiger partial charge is 0.395 e. The van der Waals surface area contributed by atoms with Crippen molar-refractivity contribution in [1.82, 2.24) is 4.90 Å². The highest BCUT2D eigenvalue weighted by molar-refractivity contribution is 5.89. The van der Waals surface area contributed by atoms with Crippen molar-refractivity contribution in [3.63, 3.8) is 0 Å². The molecule has 0 saturated carbocycles. The third-order valence-electron chi connectivity index (χ3n) is 2.98. The first-order chi connectivity index (χ1) is 9.97. The predicted molar refractivity (Wildman–Crippen MR) is 75.5 cm³/mol. The summed E-state index contributed by atoms with van der Waals surface area (Å²) in [6.45, 7) is 0.613.